The Balaban J connectivity index is 1.46. The molecule has 1 aromatic carbocycles. The largest absolute Gasteiger partial charge is 0.478 e. The Bertz CT molecular complexity index is 1080. The van der Waals surface area contributed by atoms with Gasteiger partial charge in [0, 0.05) is 42.9 Å². The van der Waals surface area contributed by atoms with Crippen molar-refractivity contribution in [2.45, 2.75) is 13.1 Å². The lowest BCUT2D eigenvalue weighted by Crippen LogP contribution is -2.33. The third-order valence-electron chi connectivity index (χ3n) is 4.87. The molecule has 0 aliphatic carbocycles. The fourth-order valence-corrected chi connectivity index (χ4v) is 3.31. The fraction of sp³-hybridized carbons (Fsp3) is 0.250. The van der Waals surface area contributed by atoms with Crippen LogP contribution in [-0.4, -0.2) is 55.1 Å². The number of carboxylic acids is 1. The Kier molecular flexibility index (Phi) is 5.40. The molecule has 2 aromatic heterocycles. The number of nitro groups is 1. The zero-order chi connectivity index (χ0) is 21.1. The number of nitrogens with zero attached hydrogens (tertiary/aromatic N) is 5. The van der Waals surface area contributed by atoms with Gasteiger partial charge in [0.25, 0.3) is 0 Å². The number of imidazole rings is 1. The van der Waals surface area contributed by atoms with Crippen LogP contribution in [0.3, 0.4) is 0 Å². The number of carboxylic acid groups (broad SMARTS) is 1. The SMILES string of the molecule is O=C(O)c1ccc(-c2cc(CN3CCOc4nc([N+](=O)[O-])cn4CC3)ccn2)cc1. The maximum Gasteiger partial charge on any atom is 0.414 e. The minimum Gasteiger partial charge on any atom is -0.478 e. The molecule has 4 rings (SSSR count). The van der Waals surface area contributed by atoms with E-state index in [0.29, 0.717) is 32.8 Å². The molecule has 0 saturated carbocycles. The number of aromatic nitrogens is 3. The van der Waals surface area contributed by atoms with Gasteiger partial charge in [0.05, 0.1) is 11.3 Å². The third kappa shape index (κ3) is 4.28. The van der Waals surface area contributed by atoms with Crippen LogP contribution in [0.15, 0.2) is 48.8 Å². The highest BCUT2D eigenvalue weighted by atomic mass is 16.6. The van der Waals surface area contributed by atoms with Gasteiger partial charge in [-0.3, -0.25) is 14.5 Å². The molecular formula is C20H19N5O5. The standard InChI is InChI=1S/C20H19N5O5/c26-19(27)16-3-1-15(2-4-16)17-11-14(5-6-21-17)12-23-7-8-24-13-18(25(28)29)22-20(24)30-10-9-23/h1-6,11,13H,7-10,12H2,(H,26,27). The van der Waals surface area contributed by atoms with Crippen LogP contribution in [0.25, 0.3) is 11.3 Å². The Labute approximate surface area is 171 Å². The van der Waals surface area contributed by atoms with Crippen molar-refractivity contribution in [1.29, 1.82) is 0 Å². The van der Waals surface area contributed by atoms with E-state index >= 15 is 0 Å². The van der Waals surface area contributed by atoms with Gasteiger partial charge in [-0.2, -0.15) is 0 Å². The first kappa shape index (κ1) is 19.5. The number of hydrogen-bond donors (Lipinski definition) is 1. The number of rotatable bonds is 5. The maximum atomic E-state index is 11.0. The quantitative estimate of drug-likeness (QED) is 0.503. The summed E-state index contributed by atoms with van der Waals surface area (Å²) in [5.41, 5.74) is 2.89. The number of ether oxygens (including phenoxy) is 1. The predicted octanol–water partition coefficient (Wildman–Crippen LogP) is 2.45. The van der Waals surface area contributed by atoms with Crippen molar-refractivity contribution >= 4 is 11.8 Å². The second-order valence-electron chi connectivity index (χ2n) is 6.89. The Morgan fingerprint density at radius 3 is 2.73 bits per heavy atom. The van der Waals surface area contributed by atoms with E-state index in [0.717, 1.165) is 16.8 Å². The molecule has 1 aliphatic rings. The van der Waals surface area contributed by atoms with E-state index < -0.39 is 10.9 Å². The third-order valence-corrected chi connectivity index (χ3v) is 4.87. The van der Waals surface area contributed by atoms with Crippen LogP contribution in [0.2, 0.25) is 0 Å². The molecule has 0 unspecified atom stereocenters. The summed E-state index contributed by atoms with van der Waals surface area (Å²) < 4.78 is 7.26. The van der Waals surface area contributed by atoms with Crippen LogP contribution in [0.4, 0.5) is 5.82 Å². The minimum atomic E-state index is -0.964. The minimum absolute atomic E-state index is 0.217. The molecule has 10 nitrogen and oxygen atoms in total. The van der Waals surface area contributed by atoms with Crippen molar-refractivity contribution in [3.8, 4) is 17.3 Å². The van der Waals surface area contributed by atoms with Gasteiger partial charge >= 0.3 is 17.8 Å². The lowest BCUT2D eigenvalue weighted by molar-refractivity contribution is -0.389. The van der Waals surface area contributed by atoms with Gasteiger partial charge in [-0.1, -0.05) is 12.1 Å². The van der Waals surface area contributed by atoms with Crippen LogP contribution in [0.1, 0.15) is 15.9 Å². The van der Waals surface area contributed by atoms with E-state index in [1.54, 1.807) is 35.0 Å². The summed E-state index contributed by atoms with van der Waals surface area (Å²) in [6.07, 6.45) is 3.12. The average molecular weight is 409 g/mol. The summed E-state index contributed by atoms with van der Waals surface area (Å²) in [6.45, 7) is 2.92. The summed E-state index contributed by atoms with van der Waals surface area (Å²) in [4.78, 5) is 31.9. The number of carbonyl (C=O) groups is 1. The van der Waals surface area contributed by atoms with Crippen LogP contribution in [-0.2, 0) is 13.1 Å². The Morgan fingerprint density at radius 1 is 1.20 bits per heavy atom. The van der Waals surface area contributed by atoms with Gasteiger partial charge in [0.1, 0.15) is 12.8 Å². The predicted molar refractivity (Wildman–Crippen MR) is 106 cm³/mol. The molecule has 30 heavy (non-hydrogen) atoms. The van der Waals surface area contributed by atoms with Crippen LogP contribution in [0.5, 0.6) is 6.01 Å². The van der Waals surface area contributed by atoms with E-state index in [9.17, 15) is 14.9 Å². The van der Waals surface area contributed by atoms with Crippen molar-refractivity contribution in [1.82, 2.24) is 19.4 Å². The molecule has 0 fully saturated rings. The molecule has 0 radical (unpaired) electrons. The highest BCUT2D eigenvalue weighted by molar-refractivity contribution is 5.88. The van der Waals surface area contributed by atoms with E-state index in [2.05, 4.69) is 14.9 Å². The van der Waals surface area contributed by atoms with Gasteiger partial charge < -0.3 is 20.0 Å². The summed E-state index contributed by atoms with van der Waals surface area (Å²) >= 11 is 0. The second kappa shape index (κ2) is 8.29. The highest BCUT2D eigenvalue weighted by Crippen LogP contribution is 2.21. The molecular weight excluding hydrogens is 390 g/mol. The Hall–Kier alpha value is -3.79. The normalized spacial score (nSPS) is 14.3. The van der Waals surface area contributed by atoms with Crippen molar-refractivity contribution < 1.29 is 19.6 Å². The van der Waals surface area contributed by atoms with E-state index in [4.69, 9.17) is 9.84 Å². The Morgan fingerprint density at radius 2 is 2.00 bits per heavy atom. The maximum absolute atomic E-state index is 11.0. The first-order chi connectivity index (χ1) is 14.5. The highest BCUT2D eigenvalue weighted by Gasteiger charge is 2.23. The van der Waals surface area contributed by atoms with Crippen molar-refractivity contribution in [2.24, 2.45) is 0 Å². The molecule has 0 atom stereocenters. The summed E-state index contributed by atoms with van der Waals surface area (Å²) in [5, 5.41) is 20.0. The molecule has 0 amide bonds. The van der Waals surface area contributed by atoms with Gasteiger partial charge in [-0.05, 0) is 34.8 Å². The number of fused-ring (bicyclic) bond motifs is 1. The zero-order valence-corrected chi connectivity index (χ0v) is 16.0. The molecule has 10 heteroatoms. The van der Waals surface area contributed by atoms with Crippen LogP contribution < -0.4 is 4.74 Å². The van der Waals surface area contributed by atoms with Crippen LogP contribution in [0, 0.1) is 10.1 Å². The number of hydrogen-bond acceptors (Lipinski definition) is 7. The van der Waals surface area contributed by atoms with Gasteiger partial charge in [-0.25, -0.2) is 4.79 Å². The van der Waals surface area contributed by atoms with Gasteiger partial charge in [-0.15, -0.1) is 0 Å². The van der Waals surface area contributed by atoms with Crippen LogP contribution >= 0.6 is 0 Å². The number of benzene rings is 1. The zero-order valence-electron chi connectivity index (χ0n) is 16.0. The molecule has 1 aliphatic heterocycles. The van der Waals surface area contributed by atoms with E-state index in [1.165, 1.54) is 6.20 Å². The molecule has 1 N–H and O–H groups in total. The summed E-state index contributed by atoms with van der Waals surface area (Å²) in [6, 6.07) is 10.8. The topological polar surface area (TPSA) is 124 Å². The molecule has 154 valence electrons. The smallest absolute Gasteiger partial charge is 0.414 e. The first-order valence-electron chi connectivity index (χ1n) is 9.35. The summed E-state index contributed by atoms with van der Waals surface area (Å²) in [5.74, 6) is -1.18. The monoisotopic (exact) mass is 409 g/mol. The molecule has 0 saturated heterocycles. The molecule has 0 spiro atoms. The van der Waals surface area contributed by atoms with Crippen molar-refractivity contribution in [3.05, 3.63) is 70.0 Å². The lowest BCUT2D eigenvalue weighted by atomic mass is 10.1. The molecule has 3 aromatic rings. The second-order valence-corrected chi connectivity index (χ2v) is 6.89. The number of aromatic carboxylic acids is 1. The molecule has 0 bridgehead atoms. The average Bonchev–Trinajstić information content (AvgIpc) is 3.13. The van der Waals surface area contributed by atoms with Gasteiger partial charge in [0.2, 0.25) is 0 Å². The summed E-state index contributed by atoms with van der Waals surface area (Å²) in [7, 11) is 0. The fourth-order valence-electron chi connectivity index (χ4n) is 3.31. The lowest BCUT2D eigenvalue weighted by Gasteiger charge is -2.24. The van der Waals surface area contributed by atoms with Crippen molar-refractivity contribution in [3.63, 3.8) is 0 Å². The van der Waals surface area contributed by atoms with E-state index in [-0.39, 0.29) is 17.4 Å². The first-order valence-corrected chi connectivity index (χ1v) is 9.35. The number of pyridine rings is 1. The van der Waals surface area contributed by atoms with E-state index in [1.807, 2.05) is 12.1 Å². The van der Waals surface area contributed by atoms with Crippen molar-refractivity contribution in [2.75, 3.05) is 19.7 Å². The van der Waals surface area contributed by atoms with Gasteiger partial charge in [0.15, 0.2) is 0 Å². The molecule has 3 heterocycles.